The summed E-state index contributed by atoms with van der Waals surface area (Å²) in [5.41, 5.74) is 8.01. The van der Waals surface area contributed by atoms with Crippen molar-refractivity contribution in [2.75, 3.05) is 26.6 Å². The molecule has 2 N–H and O–H groups in total. The maximum atomic E-state index is 12.1. The zero-order valence-electron chi connectivity index (χ0n) is 16.7. The van der Waals surface area contributed by atoms with Gasteiger partial charge in [0.1, 0.15) is 27.8 Å². The Hall–Kier alpha value is -3.07. The molecule has 156 valence electrons. The molecule has 0 aliphatic heterocycles. The van der Waals surface area contributed by atoms with Gasteiger partial charge in [-0.2, -0.15) is 0 Å². The monoisotopic (exact) mass is 421 g/mol. The second-order valence-corrected chi connectivity index (χ2v) is 7.21. The minimum absolute atomic E-state index is 0.00247. The van der Waals surface area contributed by atoms with E-state index in [0.29, 0.717) is 5.75 Å². The maximum absolute atomic E-state index is 12.1. The molecule has 1 aromatic carbocycles. The topological polar surface area (TPSA) is 114 Å². The molecular formula is C20H23NO7S. The number of esters is 3. The number of nitrogens with two attached hydrogens (primary N) is 1. The number of aryl methyl sites for hydroxylation is 2. The number of rotatable bonds is 8. The lowest BCUT2D eigenvalue weighted by Crippen LogP contribution is -2.14. The van der Waals surface area contributed by atoms with Crippen LogP contribution in [0.5, 0.6) is 5.75 Å². The third-order valence-electron chi connectivity index (χ3n) is 4.08. The van der Waals surface area contributed by atoms with Crippen molar-refractivity contribution in [1.29, 1.82) is 0 Å². The first kappa shape index (κ1) is 22.2. The SMILES string of the molecule is COC(=O)c1sc(N)c(C(=O)OC)c1COC(=O)CCOc1cc(C)ccc1C. The van der Waals surface area contributed by atoms with Crippen LogP contribution >= 0.6 is 11.3 Å². The highest BCUT2D eigenvalue weighted by molar-refractivity contribution is 7.18. The molecule has 1 aromatic heterocycles. The van der Waals surface area contributed by atoms with Gasteiger partial charge in [-0.05, 0) is 31.0 Å². The smallest absolute Gasteiger partial charge is 0.348 e. The predicted octanol–water partition coefficient (Wildman–Crippen LogP) is 3.03. The van der Waals surface area contributed by atoms with E-state index in [1.807, 2.05) is 32.0 Å². The number of anilines is 1. The van der Waals surface area contributed by atoms with Crippen molar-refractivity contribution in [3.63, 3.8) is 0 Å². The molecule has 0 saturated carbocycles. The van der Waals surface area contributed by atoms with E-state index in [1.54, 1.807) is 0 Å². The molecule has 0 aliphatic rings. The number of hydrogen-bond donors (Lipinski definition) is 1. The highest BCUT2D eigenvalue weighted by Crippen LogP contribution is 2.33. The Bertz CT molecular complexity index is 920. The summed E-state index contributed by atoms with van der Waals surface area (Å²) >= 11 is 0.874. The summed E-state index contributed by atoms with van der Waals surface area (Å²) in [4.78, 5) is 36.2. The lowest BCUT2D eigenvalue weighted by atomic mass is 10.1. The van der Waals surface area contributed by atoms with E-state index in [9.17, 15) is 14.4 Å². The Balaban J connectivity index is 2.02. The number of hydrogen-bond acceptors (Lipinski definition) is 9. The van der Waals surface area contributed by atoms with Crippen LogP contribution in [0.2, 0.25) is 0 Å². The standard InChI is InChI=1S/C20H23NO7S/c1-11-5-6-12(2)14(9-11)27-8-7-15(22)28-10-13-16(19(23)25-3)18(21)29-17(13)20(24)26-4/h5-6,9H,7-8,10,21H2,1-4H3. The molecule has 29 heavy (non-hydrogen) atoms. The molecule has 8 nitrogen and oxygen atoms in total. The second kappa shape index (κ2) is 9.92. The molecule has 1 heterocycles. The predicted molar refractivity (Wildman–Crippen MR) is 107 cm³/mol. The Morgan fingerprint density at radius 1 is 1.07 bits per heavy atom. The number of benzene rings is 1. The van der Waals surface area contributed by atoms with Crippen LogP contribution in [-0.4, -0.2) is 38.7 Å². The molecule has 9 heteroatoms. The van der Waals surface area contributed by atoms with Crippen LogP contribution in [0.1, 0.15) is 43.1 Å². The minimum Gasteiger partial charge on any atom is -0.493 e. The van der Waals surface area contributed by atoms with Crippen molar-refractivity contribution in [2.24, 2.45) is 0 Å². The maximum Gasteiger partial charge on any atom is 0.348 e. The third-order valence-corrected chi connectivity index (χ3v) is 5.12. The van der Waals surface area contributed by atoms with E-state index in [1.165, 1.54) is 14.2 Å². The third kappa shape index (κ3) is 5.47. The normalized spacial score (nSPS) is 10.3. The van der Waals surface area contributed by atoms with Crippen molar-refractivity contribution in [2.45, 2.75) is 26.9 Å². The van der Waals surface area contributed by atoms with Crippen molar-refractivity contribution < 1.29 is 33.3 Å². The van der Waals surface area contributed by atoms with Crippen molar-refractivity contribution in [1.82, 2.24) is 0 Å². The fraction of sp³-hybridized carbons (Fsp3) is 0.350. The van der Waals surface area contributed by atoms with Crippen molar-refractivity contribution >= 4 is 34.2 Å². The first-order valence-corrected chi connectivity index (χ1v) is 9.53. The molecule has 0 saturated heterocycles. The zero-order chi connectivity index (χ0) is 21.6. The number of ether oxygens (including phenoxy) is 4. The largest absolute Gasteiger partial charge is 0.493 e. The lowest BCUT2D eigenvalue weighted by Gasteiger charge is -2.10. The van der Waals surface area contributed by atoms with Gasteiger partial charge in [-0.1, -0.05) is 12.1 Å². The quantitative estimate of drug-likeness (QED) is 0.511. The van der Waals surface area contributed by atoms with E-state index in [-0.39, 0.29) is 40.6 Å². The molecule has 0 radical (unpaired) electrons. The van der Waals surface area contributed by atoms with Crippen LogP contribution in [0, 0.1) is 13.8 Å². The van der Waals surface area contributed by atoms with Gasteiger partial charge < -0.3 is 24.7 Å². The summed E-state index contributed by atoms with van der Waals surface area (Å²) in [6.07, 6.45) is -0.00584. The van der Waals surface area contributed by atoms with Crippen molar-refractivity contribution in [3.05, 3.63) is 45.3 Å². The van der Waals surface area contributed by atoms with Gasteiger partial charge >= 0.3 is 17.9 Å². The molecule has 0 amide bonds. The summed E-state index contributed by atoms with van der Waals surface area (Å²) < 4.78 is 20.3. The van der Waals surface area contributed by atoms with Gasteiger partial charge in [-0.25, -0.2) is 9.59 Å². The van der Waals surface area contributed by atoms with E-state index in [4.69, 9.17) is 24.7 Å². The Kier molecular flexibility index (Phi) is 7.60. The molecule has 2 aromatic rings. The molecule has 0 spiro atoms. The lowest BCUT2D eigenvalue weighted by molar-refractivity contribution is -0.145. The fourth-order valence-corrected chi connectivity index (χ4v) is 3.52. The van der Waals surface area contributed by atoms with Crippen LogP contribution in [0.15, 0.2) is 18.2 Å². The van der Waals surface area contributed by atoms with Crippen LogP contribution in [-0.2, 0) is 25.6 Å². The molecular weight excluding hydrogens is 398 g/mol. The number of carbonyl (C=O) groups is 3. The number of nitrogen functional groups attached to an aromatic ring is 1. The van der Waals surface area contributed by atoms with Gasteiger partial charge in [0.2, 0.25) is 0 Å². The van der Waals surface area contributed by atoms with Gasteiger partial charge in [0, 0.05) is 5.56 Å². The van der Waals surface area contributed by atoms with E-state index >= 15 is 0 Å². The number of methoxy groups -OCH3 is 2. The highest BCUT2D eigenvalue weighted by atomic mass is 32.1. The van der Waals surface area contributed by atoms with Crippen LogP contribution < -0.4 is 10.5 Å². The van der Waals surface area contributed by atoms with E-state index in [0.717, 1.165) is 22.5 Å². The Morgan fingerprint density at radius 2 is 1.76 bits per heavy atom. The Labute approximate surface area is 172 Å². The van der Waals surface area contributed by atoms with Gasteiger partial charge in [0.15, 0.2) is 0 Å². The summed E-state index contributed by atoms with van der Waals surface area (Å²) in [7, 11) is 2.40. The molecule has 0 bridgehead atoms. The van der Waals surface area contributed by atoms with Gasteiger partial charge in [0.05, 0.1) is 27.2 Å². The number of thiophene rings is 1. The van der Waals surface area contributed by atoms with Gasteiger partial charge in [-0.15, -0.1) is 11.3 Å². The summed E-state index contributed by atoms with van der Waals surface area (Å²) in [5.74, 6) is -1.25. The first-order chi connectivity index (χ1) is 13.8. The molecule has 0 fully saturated rings. The summed E-state index contributed by atoms with van der Waals surface area (Å²) in [6.45, 7) is 3.68. The first-order valence-electron chi connectivity index (χ1n) is 8.71. The summed E-state index contributed by atoms with van der Waals surface area (Å²) in [5, 5.41) is 0.0848. The van der Waals surface area contributed by atoms with Crippen molar-refractivity contribution in [3.8, 4) is 5.75 Å². The highest BCUT2D eigenvalue weighted by Gasteiger charge is 2.28. The molecule has 0 atom stereocenters. The fourth-order valence-electron chi connectivity index (χ4n) is 2.54. The zero-order valence-corrected chi connectivity index (χ0v) is 17.5. The molecule has 0 aliphatic carbocycles. The molecule has 0 unspecified atom stereocenters. The number of carbonyl (C=O) groups excluding carboxylic acids is 3. The average Bonchev–Trinajstić information content (AvgIpc) is 3.03. The van der Waals surface area contributed by atoms with Crippen LogP contribution in [0.3, 0.4) is 0 Å². The molecule has 2 rings (SSSR count). The van der Waals surface area contributed by atoms with Gasteiger partial charge in [0.25, 0.3) is 0 Å². The minimum atomic E-state index is -0.724. The Morgan fingerprint density at radius 3 is 2.41 bits per heavy atom. The van der Waals surface area contributed by atoms with Gasteiger partial charge in [-0.3, -0.25) is 4.79 Å². The van der Waals surface area contributed by atoms with Crippen LogP contribution in [0.25, 0.3) is 0 Å². The van der Waals surface area contributed by atoms with E-state index < -0.39 is 17.9 Å². The second-order valence-electron chi connectivity index (χ2n) is 6.16. The summed E-state index contributed by atoms with van der Waals surface area (Å²) in [6, 6.07) is 5.80. The van der Waals surface area contributed by atoms with E-state index in [2.05, 4.69) is 0 Å². The average molecular weight is 421 g/mol. The van der Waals surface area contributed by atoms with Crippen LogP contribution in [0.4, 0.5) is 5.00 Å².